The van der Waals surface area contributed by atoms with Crippen LogP contribution in [0.2, 0.25) is 0 Å². The zero-order valence-electron chi connectivity index (χ0n) is 17.5. The Labute approximate surface area is 171 Å². The molecule has 8 heteroatoms. The van der Waals surface area contributed by atoms with Crippen molar-refractivity contribution >= 4 is 18.2 Å². The molecule has 1 aromatic rings. The summed E-state index contributed by atoms with van der Waals surface area (Å²) in [6.45, 7) is 7.68. The van der Waals surface area contributed by atoms with E-state index in [2.05, 4.69) is 0 Å². The summed E-state index contributed by atoms with van der Waals surface area (Å²) in [6.07, 6.45) is -0.529. The monoisotopic (exact) mass is 406 g/mol. The molecule has 1 aromatic carbocycles. The standard InChI is InChI=1S/C21H30N2O6/c1-5-11-23(20(27)29-21(2,3)4)17-13-22(12-16(17)18(24)25)19(26)28-14-15-9-7-6-8-10-15/h6-10,16-17H,5,11-14H2,1-4H3,(H,24,25)/t16-,17-/m0/s1. The van der Waals surface area contributed by atoms with Crippen molar-refractivity contribution in [1.29, 1.82) is 0 Å². The van der Waals surface area contributed by atoms with Crippen molar-refractivity contribution in [1.82, 2.24) is 9.80 Å². The van der Waals surface area contributed by atoms with Crippen molar-refractivity contribution in [3.05, 3.63) is 35.9 Å². The number of hydrogen-bond acceptors (Lipinski definition) is 5. The second kappa shape index (κ2) is 9.62. The number of amides is 2. The van der Waals surface area contributed by atoms with Crippen LogP contribution in [0.15, 0.2) is 30.3 Å². The second-order valence-electron chi connectivity index (χ2n) is 8.13. The van der Waals surface area contributed by atoms with Gasteiger partial charge in [0.2, 0.25) is 0 Å². The Kier molecular flexibility index (Phi) is 7.47. The highest BCUT2D eigenvalue weighted by Crippen LogP contribution is 2.25. The smallest absolute Gasteiger partial charge is 0.410 e. The van der Waals surface area contributed by atoms with Crippen LogP contribution in [0.25, 0.3) is 0 Å². The molecule has 29 heavy (non-hydrogen) atoms. The largest absolute Gasteiger partial charge is 0.481 e. The topological polar surface area (TPSA) is 96.4 Å². The first kappa shape index (κ1) is 22.5. The van der Waals surface area contributed by atoms with Crippen molar-refractivity contribution in [3.8, 4) is 0 Å². The number of benzene rings is 1. The van der Waals surface area contributed by atoms with Crippen molar-refractivity contribution in [2.45, 2.75) is 52.4 Å². The van der Waals surface area contributed by atoms with Crippen molar-refractivity contribution in [2.75, 3.05) is 19.6 Å². The minimum absolute atomic E-state index is 0.0172. The molecule has 1 aliphatic rings. The molecule has 0 aliphatic carbocycles. The first-order valence-corrected chi connectivity index (χ1v) is 9.80. The number of ether oxygens (including phenoxy) is 2. The molecule has 160 valence electrons. The molecule has 0 spiro atoms. The maximum absolute atomic E-state index is 12.7. The number of nitrogens with zero attached hydrogens (tertiary/aromatic N) is 2. The zero-order chi connectivity index (χ0) is 21.6. The minimum atomic E-state index is -1.06. The van der Waals surface area contributed by atoms with Crippen LogP contribution in [-0.2, 0) is 20.9 Å². The predicted octanol–water partition coefficient (Wildman–Crippen LogP) is 3.36. The van der Waals surface area contributed by atoms with E-state index in [0.29, 0.717) is 13.0 Å². The van der Waals surface area contributed by atoms with Crippen LogP contribution in [0.1, 0.15) is 39.7 Å². The van der Waals surface area contributed by atoms with Gasteiger partial charge in [0.25, 0.3) is 0 Å². The number of rotatable bonds is 6. The molecular formula is C21H30N2O6. The molecule has 0 aromatic heterocycles. The predicted molar refractivity (Wildman–Crippen MR) is 106 cm³/mol. The molecule has 1 heterocycles. The summed E-state index contributed by atoms with van der Waals surface area (Å²) in [6, 6.07) is 8.56. The van der Waals surface area contributed by atoms with Crippen LogP contribution < -0.4 is 0 Å². The van der Waals surface area contributed by atoms with E-state index in [1.807, 2.05) is 37.3 Å². The third-order valence-electron chi connectivity index (χ3n) is 4.56. The van der Waals surface area contributed by atoms with Crippen molar-refractivity contribution in [2.24, 2.45) is 5.92 Å². The molecule has 2 rings (SSSR count). The van der Waals surface area contributed by atoms with Crippen LogP contribution in [0.4, 0.5) is 9.59 Å². The molecule has 1 aliphatic heterocycles. The highest BCUT2D eigenvalue weighted by atomic mass is 16.6. The zero-order valence-corrected chi connectivity index (χ0v) is 17.5. The van der Waals surface area contributed by atoms with Crippen LogP contribution in [0.3, 0.4) is 0 Å². The number of carboxylic acids is 1. The molecule has 2 atom stereocenters. The SMILES string of the molecule is CCCN(C(=O)OC(C)(C)C)[C@H]1CN(C(=O)OCc2ccccc2)C[C@@H]1C(=O)O. The highest BCUT2D eigenvalue weighted by Gasteiger charge is 2.45. The fourth-order valence-electron chi connectivity index (χ4n) is 3.26. The fourth-order valence-corrected chi connectivity index (χ4v) is 3.26. The Morgan fingerprint density at radius 2 is 1.83 bits per heavy atom. The van der Waals surface area contributed by atoms with Crippen molar-refractivity contribution in [3.63, 3.8) is 0 Å². The second-order valence-corrected chi connectivity index (χ2v) is 8.13. The van der Waals surface area contributed by atoms with Gasteiger partial charge < -0.3 is 24.4 Å². The first-order valence-electron chi connectivity index (χ1n) is 9.80. The van der Waals surface area contributed by atoms with Gasteiger partial charge in [-0.25, -0.2) is 9.59 Å². The van der Waals surface area contributed by atoms with Crippen LogP contribution in [-0.4, -0.2) is 64.3 Å². The number of aliphatic carboxylic acids is 1. The van der Waals surface area contributed by atoms with E-state index in [1.54, 1.807) is 20.8 Å². The fraction of sp³-hybridized carbons (Fsp3) is 0.571. The average molecular weight is 406 g/mol. The molecule has 0 radical (unpaired) electrons. The summed E-state index contributed by atoms with van der Waals surface area (Å²) in [5, 5.41) is 9.67. The number of carboxylic acid groups (broad SMARTS) is 1. The molecule has 0 unspecified atom stereocenters. The molecular weight excluding hydrogens is 376 g/mol. The summed E-state index contributed by atoms with van der Waals surface area (Å²) in [5.74, 6) is -1.96. The van der Waals surface area contributed by atoms with Gasteiger partial charge in [-0.2, -0.15) is 0 Å². The van der Waals surface area contributed by atoms with Gasteiger partial charge in [-0.05, 0) is 32.8 Å². The maximum atomic E-state index is 12.7. The third kappa shape index (κ3) is 6.37. The van der Waals surface area contributed by atoms with E-state index in [9.17, 15) is 19.5 Å². The molecule has 1 N–H and O–H groups in total. The molecule has 8 nitrogen and oxygen atoms in total. The Hall–Kier alpha value is -2.77. The summed E-state index contributed by atoms with van der Waals surface area (Å²) in [7, 11) is 0. The van der Waals surface area contributed by atoms with E-state index in [0.717, 1.165) is 5.56 Å². The van der Waals surface area contributed by atoms with E-state index in [4.69, 9.17) is 9.47 Å². The lowest BCUT2D eigenvalue weighted by Crippen LogP contribution is -2.49. The molecule has 0 saturated carbocycles. The maximum Gasteiger partial charge on any atom is 0.410 e. The van der Waals surface area contributed by atoms with Gasteiger partial charge >= 0.3 is 18.2 Å². The Morgan fingerprint density at radius 1 is 1.17 bits per heavy atom. The number of likely N-dealkylation sites (tertiary alicyclic amines) is 1. The summed E-state index contributed by atoms with van der Waals surface area (Å²) < 4.78 is 10.8. The first-order chi connectivity index (χ1) is 13.6. The van der Waals surface area contributed by atoms with E-state index in [1.165, 1.54) is 9.80 Å². The summed E-state index contributed by atoms with van der Waals surface area (Å²) in [5.41, 5.74) is 0.141. The molecule has 1 fully saturated rings. The molecule has 0 bridgehead atoms. The van der Waals surface area contributed by atoms with Gasteiger partial charge in [0.1, 0.15) is 12.2 Å². The average Bonchev–Trinajstić information content (AvgIpc) is 3.09. The van der Waals surface area contributed by atoms with E-state index in [-0.39, 0.29) is 19.7 Å². The molecule has 1 saturated heterocycles. The van der Waals surface area contributed by atoms with Gasteiger partial charge in [0, 0.05) is 19.6 Å². The van der Waals surface area contributed by atoms with Gasteiger partial charge in [-0.15, -0.1) is 0 Å². The Morgan fingerprint density at radius 3 is 2.38 bits per heavy atom. The van der Waals surface area contributed by atoms with E-state index < -0.39 is 35.7 Å². The van der Waals surface area contributed by atoms with Gasteiger partial charge in [-0.3, -0.25) is 4.79 Å². The van der Waals surface area contributed by atoms with Gasteiger partial charge in [0.05, 0.1) is 12.0 Å². The number of carbonyl (C=O) groups is 3. The van der Waals surface area contributed by atoms with Crippen molar-refractivity contribution < 1.29 is 29.0 Å². The van der Waals surface area contributed by atoms with E-state index >= 15 is 0 Å². The summed E-state index contributed by atoms with van der Waals surface area (Å²) in [4.78, 5) is 39.7. The number of carbonyl (C=O) groups excluding carboxylic acids is 2. The highest BCUT2D eigenvalue weighted by molar-refractivity contribution is 5.77. The summed E-state index contributed by atoms with van der Waals surface area (Å²) >= 11 is 0. The van der Waals surface area contributed by atoms with Gasteiger partial charge in [0.15, 0.2) is 0 Å². The van der Waals surface area contributed by atoms with Crippen LogP contribution in [0.5, 0.6) is 0 Å². The lowest BCUT2D eigenvalue weighted by atomic mass is 10.0. The Bertz CT molecular complexity index is 716. The molecule has 2 amide bonds. The third-order valence-corrected chi connectivity index (χ3v) is 4.56. The minimum Gasteiger partial charge on any atom is -0.481 e. The van der Waals surface area contributed by atoms with Crippen LogP contribution in [0, 0.1) is 5.92 Å². The Balaban J connectivity index is 2.10. The quantitative estimate of drug-likeness (QED) is 0.778. The van der Waals surface area contributed by atoms with Gasteiger partial charge in [-0.1, -0.05) is 37.3 Å². The van der Waals surface area contributed by atoms with Crippen LogP contribution >= 0.6 is 0 Å². The lowest BCUT2D eigenvalue weighted by molar-refractivity contribution is -0.142. The number of hydrogen-bond donors (Lipinski definition) is 1. The lowest BCUT2D eigenvalue weighted by Gasteiger charge is -2.32. The normalized spacial score (nSPS) is 19.0.